The van der Waals surface area contributed by atoms with Crippen molar-refractivity contribution in [3.05, 3.63) is 51.6 Å². The number of nitrogens with one attached hydrogen (secondary N) is 1. The molecule has 0 atom stereocenters. The average Bonchev–Trinajstić information content (AvgIpc) is 2.84. The zero-order chi connectivity index (χ0) is 14.0. The van der Waals surface area contributed by atoms with E-state index in [0.29, 0.717) is 27.9 Å². The summed E-state index contributed by atoms with van der Waals surface area (Å²) >= 11 is 3.11. The van der Waals surface area contributed by atoms with Gasteiger partial charge in [0.2, 0.25) is 0 Å². The number of carbonyl (C=O) groups excluding carboxylic acids is 1. The third kappa shape index (κ3) is 2.87. The maximum atomic E-state index is 13.5. The van der Waals surface area contributed by atoms with Crippen molar-refractivity contribution in [1.29, 1.82) is 0 Å². The number of anilines is 1. The summed E-state index contributed by atoms with van der Waals surface area (Å²) in [6.45, 7) is 3.70. The fourth-order valence-electron chi connectivity index (χ4n) is 1.79. The maximum absolute atomic E-state index is 13.5. The van der Waals surface area contributed by atoms with E-state index in [1.165, 1.54) is 12.3 Å². The standard InChI is InChI=1S/C14H13BrFNO2/c1-3-13-9(4-5-19-13)14(18)17-12-7-11(16)10(15)6-8(12)2/h4-7H,3H2,1-2H3,(H,17,18). The second-order valence-corrected chi connectivity index (χ2v) is 5.00. The first-order valence-corrected chi connectivity index (χ1v) is 6.65. The normalized spacial score (nSPS) is 10.5. The van der Waals surface area contributed by atoms with E-state index in [9.17, 15) is 9.18 Å². The lowest BCUT2D eigenvalue weighted by Crippen LogP contribution is -2.13. The van der Waals surface area contributed by atoms with Crippen molar-refractivity contribution in [2.75, 3.05) is 5.32 Å². The van der Waals surface area contributed by atoms with E-state index in [-0.39, 0.29) is 5.91 Å². The Morgan fingerprint density at radius 2 is 2.21 bits per heavy atom. The van der Waals surface area contributed by atoms with Crippen LogP contribution in [0.5, 0.6) is 0 Å². The van der Waals surface area contributed by atoms with Gasteiger partial charge in [-0.25, -0.2) is 4.39 Å². The van der Waals surface area contributed by atoms with E-state index in [1.807, 2.05) is 6.92 Å². The molecule has 2 rings (SSSR count). The van der Waals surface area contributed by atoms with Gasteiger partial charge in [0.1, 0.15) is 11.6 Å². The molecule has 1 heterocycles. The molecule has 0 bridgehead atoms. The molecule has 2 aromatic rings. The molecule has 0 spiro atoms. The van der Waals surface area contributed by atoms with Crippen molar-refractivity contribution in [2.24, 2.45) is 0 Å². The zero-order valence-corrected chi connectivity index (χ0v) is 12.2. The van der Waals surface area contributed by atoms with Crippen LogP contribution in [0.3, 0.4) is 0 Å². The van der Waals surface area contributed by atoms with Crippen LogP contribution in [0, 0.1) is 12.7 Å². The predicted octanol–water partition coefficient (Wildman–Crippen LogP) is 4.30. The van der Waals surface area contributed by atoms with Gasteiger partial charge in [0, 0.05) is 12.1 Å². The second-order valence-electron chi connectivity index (χ2n) is 4.15. The lowest BCUT2D eigenvalue weighted by atomic mass is 10.1. The predicted molar refractivity (Wildman–Crippen MR) is 74.9 cm³/mol. The van der Waals surface area contributed by atoms with Crippen LogP contribution in [0.4, 0.5) is 10.1 Å². The summed E-state index contributed by atoms with van der Waals surface area (Å²) in [7, 11) is 0. The van der Waals surface area contributed by atoms with Crippen LogP contribution in [0.25, 0.3) is 0 Å². The molecule has 0 aliphatic rings. The van der Waals surface area contributed by atoms with Crippen LogP contribution in [0.15, 0.2) is 33.4 Å². The number of halogens is 2. The van der Waals surface area contributed by atoms with Crippen molar-refractivity contribution in [2.45, 2.75) is 20.3 Å². The molecule has 0 saturated heterocycles. The minimum absolute atomic E-state index is 0.296. The van der Waals surface area contributed by atoms with E-state index in [0.717, 1.165) is 5.56 Å². The Morgan fingerprint density at radius 3 is 2.89 bits per heavy atom. The van der Waals surface area contributed by atoms with Gasteiger partial charge in [0.15, 0.2) is 0 Å². The molecule has 3 nitrogen and oxygen atoms in total. The minimum Gasteiger partial charge on any atom is -0.469 e. The van der Waals surface area contributed by atoms with Gasteiger partial charge >= 0.3 is 0 Å². The highest BCUT2D eigenvalue weighted by molar-refractivity contribution is 9.10. The van der Waals surface area contributed by atoms with Gasteiger partial charge in [-0.3, -0.25) is 4.79 Å². The van der Waals surface area contributed by atoms with Crippen molar-refractivity contribution < 1.29 is 13.6 Å². The lowest BCUT2D eigenvalue weighted by Gasteiger charge is -2.09. The smallest absolute Gasteiger partial charge is 0.259 e. The molecule has 0 radical (unpaired) electrons. The van der Waals surface area contributed by atoms with Crippen LogP contribution >= 0.6 is 15.9 Å². The molecule has 1 N–H and O–H groups in total. The number of benzene rings is 1. The number of furan rings is 1. The minimum atomic E-state index is -0.413. The monoisotopic (exact) mass is 325 g/mol. The highest BCUT2D eigenvalue weighted by Crippen LogP contribution is 2.24. The average molecular weight is 326 g/mol. The summed E-state index contributed by atoms with van der Waals surface area (Å²) in [6, 6.07) is 4.53. The Bertz CT molecular complexity index is 622. The second kappa shape index (κ2) is 5.57. The fraction of sp³-hybridized carbons (Fsp3) is 0.214. The molecule has 0 unspecified atom stereocenters. The van der Waals surface area contributed by atoms with Crippen molar-refractivity contribution in [3.63, 3.8) is 0 Å². The molecule has 19 heavy (non-hydrogen) atoms. The molecular formula is C14H13BrFNO2. The SMILES string of the molecule is CCc1occc1C(=O)Nc1cc(F)c(Br)cc1C. The Morgan fingerprint density at radius 1 is 1.47 bits per heavy atom. The Kier molecular flexibility index (Phi) is 4.04. The summed E-state index contributed by atoms with van der Waals surface area (Å²) in [4.78, 5) is 12.1. The number of hydrogen-bond donors (Lipinski definition) is 1. The van der Waals surface area contributed by atoms with E-state index in [4.69, 9.17) is 4.42 Å². The zero-order valence-electron chi connectivity index (χ0n) is 10.6. The molecular weight excluding hydrogens is 313 g/mol. The molecule has 1 amide bonds. The Labute approximate surface area is 118 Å². The van der Waals surface area contributed by atoms with E-state index >= 15 is 0 Å². The van der Waals surface area contributed by atoms with Crippen LogP contribution in [-0.2, 0) is 6.42 Å². The lowest BCUT2D eigenvalue weighted by molar-refractivity contribution is 0.102. The van der Waals surface area contributed by atoms with Crippen LogP contribution in [0.2, 0.25) is 0 Å². The molecule has 0 aliphatic carbocycles. The number of aryl methyl sites for hydroxylation is 2. The highest BCUT2D eigenvalue weighted by atomic mass is 79.9. The first kappa shape index (κ1) is 13.8. The molecule has 0 aliphatic heterocycles. The fourth-order valence-corrected chi connectivity index (χ4v) is 2.25. The quantitative estimate of drug-likeness (QED) is 0.913. The number of carbonyl (C=O) groups is 1. The summed E-state index contributed by atoms with van der Waals surface area (Å²) in [6.07, 6.45) is 2.10. The largest absolute Gasteiger partial charge is 0.469 e. The molecule has 0 fully saturated rings. The van der Waals surface area contributed by atoms with Gasteiger partial charge in [-0.15, -0.1) is 0 Å². The van der Waals surface area contributed by atoms with Crippen LogP contribution < -0.4 is 5.32 Å². The van der Waals surface area contributed by atoms with Gasteiger partial charge in [-0.2, -0.15) is 0 Å². The molecule has 5 heteroatoms. The Hall–Kier alpha value is -1.62. The first-order chi connectivity index (χ1) is 9.02. The van der Waals surface area contributed by atoms with Crippen LogP contribution in [-0.4, -0.2) is 5.91 Å². The molecule has 1 aromatic heterocycles. The van der Waals surface area contributed by atoms with Crippen molar-refractivity contribution >= 4 is 27.5 Å². The van der Waals surface area contributed by atoms with Crippen molar-refractivity contribution in [3.8, 4) is 0 Å². The summed E-state index contributed by atoms with van der Waals surface area (Å²) in [5.74, 6) is -0.0908. The molecule has 100 valence electrons. The van der Waals surface area contributed by atoms with Gasteiger partial charge < -0.3 is 9.73 Å². The Balaban J connectivity index is 2.27. The summed E-state index contributed by atoms with van der Waals surface area (Å²) < 4.78 is 19.1. The van der Waals surface area contributed by atoms with Gasteiger partial charge in [-0.05, 0) is 46.6 Å². The third-order valence-electron chi connectivity index (χ3n) is 2.83. The number of rotatable bonds is 3. The maximum Gasteiger partial charge on any atom is 0.259 e. The molecule has 1 aromatic carbocycles. The van der Waals surface area contributed by atoms with Crippen LogP contribution in [0.1, 0.15) is 28.6 Å². The topological polar surface area (TPSA) is 42.2 Å². The van der Waals surface area contributed by atoms with E-state index in [1.54, 1.807) is 19.1 Å². The van der Waals surface area contributed by atoms with Gasteiger partial charge in [0.05, 0.1) is 16.3 Å². The number of hydrogen-bond acceptors (Lipinski definition) is 2. The van der Waals surface area contributed by atoms with Gasteiger partial charge in [0.25, 0.3) is 5.91 Å². The van der Waals surface area contributed by atoms with E-state index < -0.39 is 5.82 Å². The van der Waals surface area contributed by atoms with E-state index in [2.05, 4.69) is 21.2 Å². The summed E-state index contributed by atoms with van der Waals surface area (Å²) in [5.41, 5.74) is 1.71. The molecule has 0 saturated carbocycles. The highest BCUT2D eigenvalue weighted by Gasteiger charge is 2.15. The third-order valence-corrected chi connectivity index (χ3v) is 3.43. The summed E-state index contributed by atoms with van der Waals surface area (Å²) in [5, 5.41) is 2.70. The number of amides is 1. The van der Waals surface area contributed by atoms with Gasteiger partial charge in [-0.1, -0.05) is 6.92 Å². The van der Waals surface area contributed by atoms with Crippen molar-refractivity contribution in [1.82, 2.24) is 0 Å². The first-order valence-electron chi connectivity index (χ1n) is 5.86.